The maximum absolute atomic E-state index is 13.2. The van der Waals surface area contributed by atoms with E-state index in [1.165, 1.54) is 11.1 Å². The van der Waals surface area contributed by atoms with Crippen LogP contribution in [0.5, 0.6) is 5.75 Å². The highest BCUT2D eigenvalue weighted by molar-refractivity contribution is 5.84. The summed E-state index contributed by atoms with van der Waals surface area (Å²) in [5.41, 5.74) is 4.62. The lowest BCUT2D eigenvalue weighted by Crippen LogP contribution is -2.40. The van der Waals surface area contributed by atoms with Gasteiger partial charge in [0.15, 0.2) is 0 Å². The lowest BCUT2D eigenvalue weighted by atomic mass is 9.84. The van der Waals surface area contributed by atoms with Crippen LogP contribution in [0.1, 0.15) is 54.4 Å². The number of ether oxygens (including phenoxy) is 1. The monoisotopic (exact) mass is 401 g/mol. The molecule has 0 aliphatic rings. The molecule has 3 rings (SSSR count). The first-order valence-electron chi connectivity index (χ1n) is 10.6. The second-order valence-corrected chi connectivity index (χ2v) is 7.83. The van der Waals surface area contributed by atoms with Crippen LogP contribution in [-0.4, -0.2) is 19.1 Å². The van der Waals surface area contributed by atoms with Gasteiger partial charge in [-0.25, -0.2) is 0 Å². The van der Waals surface area contributed by atoms with Crippen molar-refractivity contribution in [2.45, 2.75) is 45.1 Å². The fourth-order valence-electron chi connectivity index (χ4n) is 4.02. The molecular weight excluding hydrogens is 370 g/mol. The smallest absolute Gasteiger partial charge is 0.227 e. The van der Waals surface area contributed by atoms with Crippen LogP contribution in [0.3, 0.4) is 0 Å². The SMILES string of the molecule is CC[C@@H](C(=O)N[C@H](C)[C@H](c1ccc(C)cc1)c1ccc(OC)cc1)c1ccccc1. The van der Waals surface area contributed by atoms with Crippen LogP contribution in [0.15, 0.2) is 78.9 Å². The van der Waals surface area contributed by atoms with Crippen molar-refractivity contribution < 1.29 is 9.53 Å². The molecule has 0 aromatic heterocycles. The van der Waals surface area contributed by atoms with Gasteiger partial charge in [0.1, 0.15) is 5.75 Å². The standard InChI is InChI=1S/C27H31NO2/c1-5-25(21-9-7-6-8-10-21)27(29)28-20(3)26(22-13-11-19(2)12-14-22)23-15-17-24(30-4)18-16-23/h6-18,20,25-26H,5H2,1-4H3,(H,28,29)/t20-,25-,26-/m1/s1. The van der Waals surface area contributed by atoms with Gasteiger partial charge in [-0.3, -0.25) is 4.79 Å². The van der Waals surface area contributed by atoms with Crippen LogP contribution < -0.4 is 10.1 Å². The van der Waals surface area contributed by atoms with Crippen molar-refractivity contribution in [3.63, 3.8) is 0 Å². The van der Waals surface area contributed by atoms with E-state index in [0.29, 0.717) is 0 Å². The number of amides is 1. The van der Waals surface area contributed by atoms with Crippen molar-refractivity contribution in [3.05, 3.63) is 101 Å². The molecule has 156 valence electrons. The minimum atomic E-state index is -0.150. The van der Waals surface area contributed by atoms with Gasteiger partial charge in [-0.05, 0) is 49.1 Å². The summed E-state index contributed by atoms with van der Waals surface area (Å²) in [4.78, 5) is 13.2. The van der Waals surface area contributed by atoms with E-state index in [4.69, 9.17) is 4.74 Å². The molecule has 30 heavy (non-hydrogen) atoms. The quantitative estimate of drug-likeness (QED) is 0.515. The largest absolute Gasteiger partial charge is 0.497 e. The van der Waals surface area contributed by atoms with Crippen LogP contribution >= 0.6 is 0 Å². The summed E-state index contributed by atoms with van der Waals surface area (Å²) < 4.78 is 5.32. The molecular formula is C27H31NO2. The Morgan fingerprint density at radius 3 is 1.97 bits per heavy atom. The van der Waals surface area contributed by atoms with E-state index < -0.39 is 0 Å². The fraction of sp³-hybridized carbons (Fsp3) is 0.296. The van der Waals surface area contributed by atoms with Crippen LogP contribution in [0.4, 0.5) is 0 Å². The van der Waals surface area contributed by atoms with E-state index in [-0.39, 0.29) is 23.8 Å². The molecule has 3 aromatic rings. The Balaban J connectivity index is 1.88. The summed E-state index contributed by atoms with van der Waals surface area (Å²) in [5, 5.41) is 3.30. The molecule has 0 aliphatic carbocycles. The molecule has 3 nitrogen and oxygen atoms in total. The van der Waals surface area contributed by atoms with E-state index in [1.807, 2.05) is 42.5 Å². The van der Waals surface area contributed by atoms with Gasteiger partial charge in [-0.15, -0.1) is 0 Å². The molecule has 3 aromatic carbocycles. The van der Waals surface area contributed by atoms with Crippen molar-refractivity contribution in [1.29, 1.82) is 0 Å². The molecule has 1 N–H and O–H groups in total. The van der Waals surface area contributed by atoms with Crippen molar-refractivity contribution in [1.82, 2.24) is 5.32 Å². The number of nitrogens with one attached hydrogen (secondary N) is 1. The van der Waals surface area contributed by atoms with E-state index in [2.05, 4.69) is 62.5 Å². The molecule has 3 atom stereocenters. The van der Waals surface area contributed by atoms with Crippen molar-refractivity contribution >= 4 is 5.91 Å². The average molecular weight is 402 g/mol. The molecule has 1 amide bonds. The van der Waals surface area contributed by atoms with Gasteiger partial charge in [0.25, 0.3) is 0 Å². The van der Waals surface area contributed by atoms with Gasteiger partial charge in [0, 0.05) is 12.0 Å². The fourth-order valence-corrected chi connectivity index (χ4v) is 4.02. The molecule has 0 unspecified atom stereocenters. The van der Waals surface area contributed by atoms with E-state index in [9.17, 15) is 4.79 Å². The van der Waals surface area contributed by atoms with Crippen LogP contribution in [0, 0.1) is 6.92 Å². The van der Waals surface area contributed by atoms with Gasteiger partial charge in [0.2, 0.25) is 5.91 Å². The predicted octanol–water partition coefficient (Wildman–Crippen LogP) is 5.83. The maximum Gasteiger partial charge on any atom is 0.227 e. The molecule has 0 bridgehead atoms. The maximum atomic E-state index is 13.2. The summed E-state index contributed by atoms with van der Waals surface area (Å²) in [6.45, 7) is 6.23. The molecule has 0 aliphatic heterocycles. The topological polar surface area (TPSA) is 38.3 Å². The van der Waals surface area contributed by atoms with E-state index >= 15 is 0 Å². The summed E-state index contributed by atoms with van der Waals surface area (Å²) >= 11 is 0. The Hall–Kier alpha value is -3.07. The first-order valence-corrected chi connectivity index (χ1v) is 10.6. The van der Waals surface area contributed by atoms with Crippen LogP contribution in [0.25, 0.3) is 0 Å². The molecule has 0 saturated heterocycles. The van der Waals surface area contributed by atoms with Gasteiger partial charge in [-0.2, -0.15) is 0 Å². The lowest BCUT2D eigenvalue weighted by Gasteiger charge is -2.28. The Bertz CT molecular complexity index is 933. The zero-order valence-electron chi connectivity index (χ0n) is 18.3. The summed E-state index contributed by atoms with van der Waals surface area (Å²) in [5.74, 6) is 0.798. The third kappa shape index (κ3) is 5.10. The number of carbonyl (C=O) groups excluding carboxylic acids is 1. The average Bonchev–Trinajstić information content (AvgIpc) is 2.77. The highest BCUT2D eigenvalue weighted by Gasteiger charge is 2.26. The Kier molecular flexibility index (Phi) is 7.29. The Morgan fingerprint density at radius 2 is 1.43 bits per heavy atom. The van der Waals surface area contributed by atoms with Crippen molar-refractivity contribution in [2.24, 2.45) is 0 Å². The normalized spacial score (nSPS) is 13.9. The van der Waals surface area contributed by atoms with Gasteiger partial charge in [0.05, 0.1) is 13.0 Å². The van der Waals surface area contributed by atoms with Crippen LogP contribution in [-0.2, 0) is 4.79 Å². The third-order valence-corrected chi connectivity index (χ3v) is 5.71. The molecule has 0 saturated carbocycles. The molecule has 0 fully saturated rings. The zero-order chi connectivity index (χ0) is 21.5. The number of carbonyl (C=O) groups is 1. The number of rotatable bonds is 8. The first-order chi connectivity index (χ1) is 14.5. The third-order valence-electron chi connectivity index (χ3n) is 5.71. The summed E-state index contributed by atoms with van der Waals surface area (Å²) in [7, 11) is 1.67. The second-order valence-electron chi connectivity index (χ2n) is 7.83. The van der Waals surface area contributed by atoms with Gasteiger partial charge < -0.3 is 10.1 Å². The highest BCUT2D eigenvalue weighted by Crippen LogP contribution is 2.30. The minimum Gasteiger partial charge on any atom is -0.497 e. The van der Waals surface area contributed by atoms with Crippen molar-refractivity contribution in [2.75, 3.05) is 7.11 Å². The minimum absolute atomic E-state index is 0.0498. The summed E-state index contributed by atoms with van der Waals surface area (Å²) in [6.07, 6.45) is 0.764. The van der Waals surface area contributed by atoms with Gasteiger partial charge in [-0.1, -0.05) is 79.2 Å². The number of hydrogen-bond donors (Lipinski definition) is 1. The van der Waals surface area contributed by atoms with Crippen molar-refractivity contribution in [3.8, 4) is 5.75 Å². The predicted molar refractivity (Wildman–Crippen MR) is 123 cm³/mol. The zero-order valence-corrected chi connectivity index (χ0v) is 18.3. The molecule has 0 spiro atoms. The summed E-state index contributed by atoms with van der Waals surface area (Å²) in [6, 6.07) is 26.6. The first kappa shape index (κ1) is 21.6. The van der Waals surface area contributed by atoms with Gasteiger partial charge >= 0.3 is 0 Å². The number of aryl methyl sites for hydroxylation is 1. The van der Waals surface area contributed by atoms with Crippen LogP contribution in [0.2, 0.25) is 0 Å². The van der Waals surface area contributed by atoms with E-state index in [1.54, 1.807) is 7.11 Å². The second kappa shape index (κ2) is 10.1. The lowest BCUT2D eigenvalue weighted by molar-refractivity contribution is -0.123. The van der Waals surface area contributed by atoms with E-state index in [0.717, 1.165) is 23.3 Å². The molecule has 0 heterocycles. The number of methoxy groups -OCH3 is 1. The number of hydrogen-bond acceptors (Lipinski definition) is 2. The number of benzene rings is 3. The highest BCUT2D eigenvalue weighted by atomic mass is 16.5. The Labute approximate surface area is 180 Å². The molecule has 3 heteroatoms. The Morgan fingerprint density at radius 1 is 0.867 bits per heavy atom. The molecule has 0 radical (unpaired) electrons.